The molecule has 1 heteroatoms. The Bertz CT molecular complexity index is 408. The fraction of sp³-hybridized carbons (Fsp3) is 0.824. The molecule has 3 fully saturated rings. The predicted molar refractivity (Wildman–Crippen MR) is 72.0 cm³/mol. The van der Waals surface area contributed by atoms with Gasteiger partial charge in [0.05, 0.1) is 0 Å². The number of hydrogen-bond acceptors (Lipinski definition) is 1. The molecule has 0 aromatic rings. The molecule has 4 aliphatic rings. The summed E-state index contributed by atoms with van der Waals surface area (Å²) >= 11 is 0. The Morgan fingerprint density at radius 1 is 1.11 bits per heavy atom. The van der Waals surface area contributed by atoms with E-state index in [0.717, 1.165) is 30.1 Å². The Balaban J connectivity index is 1.68. The number of fused-ring (bicyclic) bond motifs is 5. The molecular weight excluding hydrogens is 220 g/mol. The van der Waals surface area contributed by atoms with Gasteiger partial charge in [-0.3, -0.25) is 4.79 Å². The molecule has 0 aromatic carbocycles. The van der Waals surface area contributed by atoms with Gasteiger partial charge in [-0.05, 0) is 62.2 Å². The van der Waals surface area contributed by atoms with Crippen LogP contribution in [-0.2, 0) is 4.79 Å². The van der Waals surface area contributed by atoms with E-state index in [0.29, 0.717) is 17.6 Å². The maximum absolute atomic E-state index is 12.5. The van der Waals surface area contributed by atoms with Crippen molar-refractivity contribution in [3.05, 3.63) is 11.6 Å². The standard InChI is InChI=1S/C17H24O/c1-10-5-6-12-9-16(18)17-13-4-2-3-11(13)8-15(17)14(12)7-10/h7,11-15,17H,2-6,8-9H2,1H3/t11-,12-,13-,14-,15-,17+/m0/s1. The van der Waals surface area contributed by atoms with E-state index in [2.05, 4.69) is 13.0 Å². The first-order valence-electron chi connectivity index (χ1n) is 7.94. The fourth-order valence-electron chi connectivity index (χ4n) is 5.78. The number of rotatable bonds is 0. The van der Waals surface area contributed by atoms with Crippen LogP contribution in [0, 0.1) is 35.5 Å². The van der Waals surface area contributed by atoms with Crippen molar-refractivity contribution < 1.29 is 4.79 Å². The molecule has 18 heavy (non-hydrogen) atoms. The van der Waals surface area contributed by atoms with E-state index < -0.39 is 0 Å². The van der Waals surface area contributed by atoms with Gasteiger partial charge in [0.15, 0.2) is 0 Å². The summed E-state index contributed by atoms with van der Waals surface area (Å²) in [5, 5.41) is 0. The maximum atomic E-state index is 12.5. The van der Waals surface area contributed by atoms with Crippen molar-refractivity contribution in [1.29, 1.82) is 0 Å². The first-order valence-corrected chi connectivity index (χ1v) is 7.94. The largest absolute Gasteiger partial charge is 0.299 e. The van der Waals surface area contributed by atoms with Gasteiger partial charge in [0.1, 0.15) is 5.78 Å². The van der Waals surface area contributed by atoms with Gasteiger partial charge in [0.25, 0.3) is 0 Å². The van der Waals surface area contributed by atoms with Gasteiger partial charge in [0.2, 0.25) is 0 Å². The minimum Gasteiger partial charge on any atom is -0.299 e. The molecule has 1 nitrogen and oxygen atoms in total. The molecule has 0 heterocycles. The first-order chi connectivity index (χ1) is 8.74. The van der Waals surface area contributed by atoms with E-state index in [4.69, 9.17) is 0 Å². The van der Waals surface area contributed by atoms with Crippen LogP contribution in [0.1, 0.15) is 51.9 Å². The summed E-state index contributed by atoms with van der Waals surface area (Å²) in [5.41, 5.74) is 1.58. The normalized spacial score (nSPS) is 50.5. The van der Waals surface area contributed by atoms with E-state index in [1.165, 1.54) is 38.5 Å². The van der Waals surface area contributed by atoms with E-state index in [-0.39, 0.29) is 0 Å². The molecule has 4 aliphatic carbocycles. The lowest BCUT2D eigenvalue weighted by atomic mass is 9.62. The lowest BCUT2D eigenvalue weighted by Gasteiger charge is -2.41. The van der Waals surface area contributed by atoms with Gasteiger partial charge in [-0.25, -0.2) is 0 Å². The number of hydrogen-bond donors (Lipinski definition) is 0. The highest BCUT2D eigenvalue weighted by Gasteiger charge is 2.54. The smallest absolute Gasteiger partial charge is 0.136 e. The average molecular weight is 244 g/mol. The van der Waals surface area contributed by atoms with E-state index in [1.54, 1.807) is 5.57 Å². The molecule has 6 atom stereocenters. The molecule has 3 saturated carbocycles. The van der Waals surface area contributed by atoms with Crippen LogP contribution in [0.15, 0.2) is 11.6 Å². The zero-order valence-corrected chi connectivity index (χ0v) is 11.4. The van der Waals surface area contributed by atoms with Gasteiger partial charge in [-0.2, -0.15) is 0 Å². The molecule has 0 bridgehead atoms. The summed E-state index contributed by atoms with van der Waals surface area (Å²) in [7, 11) is 0. The van der Waals surface area contributed by atoms with Crippen molar-refractivity contribution in [2.24, 2.45) is 35.5 Å². The Hall–Kier alpha value is -0.590. The number of ketones is 1. The summed E-state index contributed by atoms with van der Waals surface area (Å²) < 4.78 is 0. The van der Waals surface area contributed by atoms with Gasteiger partial charge in [-0.1, -0.05) is 24.5 Å². The molecule has 0 spiro atoms. The quantitative estimate of drug-likeness (QED) is 0.589. The number of carbonyl (C=O) groups is 1. The number of allylic oxidation sites excluding steroid dienone is 2. The summed E-state index contributed by atoms with van der Waals surface area (Å²) in [4.78, 5) is 12.5. The summed E-state index contributed by atoms with van der Waals surface area (Å²) in [5.74, 6) is 4.96. The first kappa shape index (κ1) is 11.3. The molecule has 0 unspecified atom stereocenters. The molecule has 0 N–H and O–H groups in total. The predicted octanol–water partition coefficient (Wildman–Crippen LogP) is 3.98. The Labute approximate surface area is 110 Å². The van der Waals surface area contributed by atoms with Gasteiger partial charge >= 0.3 is 0 Å². The van der Waals surface area contributed by atoms with Crippen LogP contribution in [-0.4, -0.2) is 5.78 Å². The second-order valence-electron chi connectivity index (χ2n) is 7.34. The van der Waals surface area contributed by atoms with Crippen LogP contribution in [0.25, 0.3) is 0 Å². The fourth-order valence-corrected chi connectivity index (χ4v) is 5.78. The van der Waals surface area contributed by atoms with Gasteiger partial charge in [0, 0.05) is 12.3 Å². The third kappa shape index (κ3) is 1.49. The Kier molecular flexibility index (Phi) is 2.47. The average Bonchev–Trinajstić information content (AvgIpc) is 2.90. The molecule has 4 rings (SSSR count). The van der Waals surface area contributed by atoms with Crippen molar-refractivity contribution in [1.82, 2.24) is 0 Å². The topological polar surface area (TPSA) is 17.1 Å². The Morgan fingerprint density at radius 2 is 2.00 bits per heavy atom. The lowest BCUT2D eigenvalue weighted by molar-refractivity contribution is -0.131. The van der Waals surface area contributed by atoms with Gasteiger partial charge in [-0.15, -0.1) is 0 Å². The van der Waals surface area contributed by atoms with Crippen LogP contribution < -0.4 is 0 Å². The van der Waals surface area contributed by atoms with Crippen LogP contribution in [0.3, 0.4) is 0 Å². The van der Waals surface area contributed by atoms with Gasteiger partial charge < -0.3 is 0 Å². The van der Waals surface area contributed by atoms with E-state index >= 15 is 0 Å². The number of Topliss-reactive ketones (excluding diaryl/α,β-unsaturated/α-hetero) is 1. The molecule has 0 aromatic heterocycles. The summed E-state index contributed by atoms with van der Waals surface area (Å²) in [6.45, 7) is 2.29. The molecular formula is C17H24O. The molecule has 98 valence electrons. The van der Waals surface area contributed by atoms with E-state index in [1.807, 2.05) is 0 Å². The third-order valence-corrected chi connectivity index (χ3v) is 6.48. The summed E-state index contributed by atoms with van der Waals surface area (Å²) in [6, 6.07) is 0. The second kappa shape index (κ2) is 3.95. The highest BCUT2D eigenvalue weighted by molar-refractivity contribution is 5.83. The zero-order chi connectivity index (χ0) is 12.3. The van der Waals surface area contributed by atoms with Crippen LogP contribution in [0.4, 0.5) is 0 Å². The third-order valence-electron chi connectivity index (χ3n) is 6.48. The van der Waals surface area contributed by atoms with Crippen molar-refractivity contribution in [3.63, 3.8) is 0 Å². The SMILES string of the molecule is CC1=C[C@H]2[C@@H](CC1)CC(=O)[C@@H]1[C@H]3CCC[C@H]3C[C@@H]21. The molecule has 0 saturated heterocycles. The zero-order valence-electron chi connectivity index (χ0n) is 11.4. The Morgan fingerprint density at radius 3 is 2.89 bits per heavy atom. The van der Waals surface area contributed by atoms with Crippen molar-refractivity contribution in [3.8, 4) is 0 Å². The van der Waals surface area contributed by atoms with Crippen molar-refractivity contribution in [2.45, 2.75) is 51.9 Å². The van der Waals surface area contributed by atoms with Crippen LogP contribution in [0.2, 0.25) is 0 Å². The lowest BCUT2D eigenvalue weighted by Crippen LogP contribution is -2.40. The van der Waals surface area contributed by atoms with Crippen molar-refractivity contribution in [2.75, 3.05) is 0 Å². The highest BCUT2D eigenvalue weighted by atomic mass is 16.1. The summed E-state index contributed by atoms with van der Waals surface area (Å²) in [6.07, 6.45) is 11.5. The number of carbonyl (C=O) groups excluding carboxylic acids is 1. The molecule has 0 aliphatic heterocycles. The minimum atomic E-state index is 0.459. The molecule has 0 amide bonds. The second-order valence-corrected chi connectivity index (χ2v) is 7.34. The van der Waals surface area contributed by atoms with Crippen LogP contribution >= 0.6 is 0 Å². The minimum absolute atomic E-state index is 0.459. The van der Waals surface area contributed by atoms with Crippen LogP contribution in [0.5, 0.6) is 0 Å². The molecule has 0 radical (unpaired) electrons. The maximum Gasteiger partial charge on any atom is 0.136 e. The highest BCUT2D eigenvalue weighted by Crippen LogP contribution is 2.58. The van der Waals surface area contributed by atoms with Crippen molar-refractivity contribution >= 4 is 5.78 Å². The monoisotopic (exact) mass is 244 g/mol. The van der Waals surface area contributed by atoms with E-state index in [9.17, 15) is 4.79 Å².